The number of hydrogen-bond acceptors (Lipinski definition) is 8. The molecule has 37 heavy (non-hydrogen) atoms. The quantitative estimate of drug-likeness (QED) is 0.372. The zero-order valence-corrected chi connectivity index (χ0v) is 19.8. The Labute approximate surface area is 210 Å². The summed E-state index contributed by atoms with van der Waals surface area (Å²) in [5, 5.41) is 15.4. The fourth-order valence-corrected chi connectivity index (χ4v) is 4.60. The van der Waals surface area contributed by atoms with Crippen molar-refractivity contribution in [2.24, 2.45) is 0 Å². The van der Waals surface area contributed by atoms with Crippen LogP contribution in [0.25, 0.3) is 22.7 Å². The highest BCUT2D eigenvalue weighted by atomic mass is 19.3. The van der Waals surface area contributed by atoms with Gasteiger partial charge in [-0.2, -0.15) is 8.78 Å². The van der Waals surface area contributed by atoms with E-state index in [-0.39, 0.29) is 11.7 Å². The van der Waals surface area contributed by atoms with Crippen LogP contribution in [-0.4, -0.2) is 75.5 Å². The van der Waals surface area contributed by atoms with Gasteiger partial charge in [-0.15, -0.1) is 15.3 Å². The van der Waals surface area contributed by atoms with Crippen molar-refractivity contribution in [2.75, 3.05) is 44.3 Å². The van der Waals surface area contributed by atoms with Crippen LogP contribution in [0.1, 0.15) is 17.9 Å². The van der Waals surface area contributed by atoms with Gasteiger partial charge in [0.15, 0.2) is 5.82 Å². The Kier molecular flexibility index (Phi) is 6.35. The van der Waals surface area contributed by atoms with Gasteiger partial charge in [0.25, 0.3) is 5.89 Å². The van der Waals surface area contributed by atoms with Crippen molar-refractivity contribution >= 4 is 5.69 Å². The largest absolute Gasteiger partial charge is 0.415 e. The molecule has 0 bridgehead atoms. The normalized spacial score (nSPS) is 16.9. The van der Waals surface area contributed by atoms with Gasteiger partial charge in [-0.25, -0.2) is 9.07 Å². The molecule has 12 heteroatoms. The maximum absolute atomic E-state index is 15.6. The summed E-state index contributed by atoms with van der Waals surface area (Å²) in [5.41, 5.74) is 2.84. The highest BCUT2D eigenvalue weighted by molar-refractivity contribution is 5.66. The topological polar surface area (TPSA) is 85.3 Å². The summed E-state index contributed by atoms with van der Waals surface area (Å²) < 4.78 is 52.8. The van der Waals surface area contributed by atoms with E-state index in [0.29, 0.717) is 35.1 Å². The van der Waals surface area contributed by atoms with Crippen molar-refractivity contribution in [1.82, 2.24) is 30.1 Å². The lowest BCUT2D eigenvalue weighted by molar-refractivity contribution is -0.0660. The van der Waals surface area contributed by atoms with E-state index in [9.17, 15) is 8.78 Å². The first-order valence-corrected chi connectivity index (χ1v) is 12.0. The molecule has 2 saturated heterocycles. The third kappa shape index (κ3) is 4.81. The van der Waals surface area contributed by atoms with Gasteiger partial charge < -0.3 is 14.1 Å². The molecule has 2 aliphatic heterocycles. The number of rotatable bonds is 7. The first-order chi connectivity index (χ1) is 18.0. The van der Waals surface area contributed by atoms with Crippen molar-refractivity contribution in [1.29, 1.82) is 0 Å². The zero-order chi connectivity index (χ0) is 25.4. The molecule has 0 atom stereocenters. The van der Waals surface area contributed by atoms with Gasteiger partial charge in [-0.05, 0) is 29.8 Å². The van der Waals surface area contributed by atoms with Crippen molar-refractivity contribution in [3.8, 4) is 22.7 Å². The van der Waals surface area contributed by atoms with Crippen LogP contribution in [0, 0.1) is 5.82 Å². The minimum Gasteiger partial charge on any atom is -0.415 e. The van der Waals surface area contributed by atoms with E-state index in [0.717, 1.165) is 45.0 Å². The molecule has 4 heterocycles. The molecule has 9 nitrogen and oxygen atoms in total. The molecule has 192 valence electrons. The number of aromatic nitrogens is 5. The maximum atomic E-state index is 15.6. The predicted molar refractivity (Wildman–Crippen MR) is 128 cm³/mol. The monoisotopic (exact) mass is 511 g/mol. The molecule has 0 N–H and O–H groups in total. The van der Waals surface area contributed by atoms with Crippen LogP contribution in [0.5, 0.6) is 0 Å². The average Bonchev–Trinajstić information content (AvgIpc) is 3.55. The summed E-state index contributed by atoms with van der Waals surface area (Å²) in [4.78, 5) is 4.48. The lowest BCUT2D eigenvalue weighted by Crippen LogP contribution is -2.56. The van der Waals surface area contributed by atoms with Gasteiger partial charge in [0.1, 0.15) is 5.69 Å². The van der Waals surface area contributed by atoms with Crippen LogP contribution in [-0.2, 0) is 11.3 Å². The van der Waals surface area contributed by atoms with Crippen molar-refractivity contribution < 1.29 is 22.3 Å². The molecule has 0 saturated carbocycles. The molecule has 2 fully saturated rings. The molecule has 6 rings (SSSR count). The summed E-state index contributed by atoms with van der Waals surface area (Å²) in [5.74, 6) is -0.989. The second-order valence-electron chi connectivity index (χ2n) is 9.10. The molecule has 2 aromatic carbocycles. The van der Waals surface area contributed by atoms with Crippen molar-refractivity contribution in [2.45, 2.75) is 19.0 Å². The number of halogens is 3. The summed E-state index contributed by atoms with van der Waals surface area (Å²) in [6.45, 7) is 5.24. The van der Waals surface area contributed by atoms with E-state index >= 15 is 4.39 Å². The fourth-order valence-electron chi connectivity index (χ4n) is 4.60. The second kappa shape index (κ2) is 9.94. The Morgan fingerprint density at radius 1 is 0.946 bits per heavy atom. The van der Waals surface area contributed by atoms with Gasteiger partial charge in [-0.1, -0.05) is 23.4 Å². The van der Waals surface area contributed by atoms with Gasteiger partial charge in [0.2, 0.25) is 5.89 Å². The Balaban J connectivity index is 1.13. The standard InChI is InChI=1S/C25H24F3N7O2/c26-22-19(2-1-3-21(22)34-10-8-33(9-11-34)18-14-36-15-18)20-13-35(32-29-20)12-16-4-6-17(7-5-16)24-30-31-25(37-24)23(27)28/h1-7,13,18,23H,8-12,14-15H2. The summed E-state index contributed by atoms with van der Waals surface area (Å²) in [7, 11) is 0. The smallest absolute Gasteiger partial charge is 0.314 e. The number of anilines is 1. The van der Waals surface area contributed by atoms with E-state index in [1.54, 1.807) is 47.3 Å². The van der Waals surface area contributed by atoms with Crippen LogP contribution in [0.15, 0.2) is 53.1 Å². The first kappa shape index (κ1) is 23.6. The van der Waals surface area contributed by atoms with Gasteiger partial charge in [0.05, 0.1) is 37.7 Å². The third-order valence-corrected chi connectivity index (χ3v) is 6.76. The van der Waals surface area contributed by atoms with E-state index in [1.807, 2.05) is 6.07 Å². The lowest BCUT2D eigenvalue weighted by atomic mass is 10.1. The van der Waals surface area contributed by atoms with Crippen LogP contribution in [0.2, 0.25) is 0 Å². The predicted octanol–water partition coefficient (Wildman–Crippen LogP) is 3.64. The number of hydrogen-bond donors (Lipinski definition) is 0. The SMILES string of the molecule is Fc1c(-c2cn(Cc3ccc(-c4nnc(C(F)F)o4)cc3)nn2)cccc1N1CCN(C2COC2)CC1. The maximum Gasteiger partial charge on any atom is 0.314 e. The average molecular weight is 512 g/mol. The highest BCUT2D eigenvalue weighted by Crippen LogP contribution is 2.30. The molecule has 0 amide bonds. The van der Waals surface area contributed by atoms with E-state index in [2.05, 4.69) is 30.3 Å². The number of alkyl halides is 2. The van der Waals surface area contributed by atoms with Gasteiger partial charge >= 0.3 is 6.43 Å². The summed E-state index contributed by atoms with van der Waals surface area (Å²) >= 11 is 0. The zero-order valence-electron chi connectivity index (χ0n) is 19.8. The Morgan fingerprint density at radius 3 is 2.41 bits per heavy atom. The minimum absolute atomic E-state index is 0.0266. The molecular weight excluding hydrogens is 487 g/mol. The van der Waals surface area contributed by atoms with E-state index < -0.39 is 12.3 Å². The Hall–Kier alpha value is -3.77. The van der Waals surface area contributed by atoms with Crippen LogP contribution in [0.3, 0.4) is 0 Å². The first-order valence-electron chi connectivity index (χ1n) is 12.0. The molecular formula is C25H24F3N7O2. The molecule has 0 spiro atoms. The van der Waals surface area contributed by atoms with Crippen molar-refractivity contribution in [3.05, 3.63) is 65.9 Å². The summed E-state index contributed by atoms with van der Waals surface area (Å²) in [6, 6.07) is 12.9. The number of benzene rings is 2. The second-order valence-corrected chi connectivity index (χ2v) is 9.10. The number of ether oxygens (including phenoxy) is 1. The molecule has 4 aromatic rings. The molecule has 2 aromatic heterocycles. The summed E-state index contributed by atoms with van der Waals surface area (Å²) in [6.07, 6.45) is -1.11. The number of nitrogens with zero attached hydrogens (tertiary/aromatic N) is 7. The molecule has 0 unspecified atom stereocenters. The van der Waals surface area contributed by atoms with Crippen LogP contribution < -0.4 is 4.90 Å². The molecule has 2 aliphatic rings. The fraction of sp³-hybridized carbons (Fsp3) is 0.360. The van der Waals surface area contributed by atoms with Crippen LogP contribution >= 0.6 is 0 Å². The van der Waals surface area contributed by atoms with Crippen molar-refractivity contribution in [3.63, 3.8) is 0 Å². The molecule has 0 radical (unpaired) electrons. The third-order valence-electron chi connectivity index (χ3n) is 6.76. The molecule has 0 aliphatic carbocycles. The van der Waals surface area contributed by atoms with E-state index in [4.69, 9.17) is 9.15 Å². The number of piperazine rings is 1. The van der Waals surface area contributed by atoms with Gasteiger partial charge in [-0.3, -0.25) is 4.90 Å². The van der Waals surface area contributed by atoms with Crippen LogP contribution in [0.4, 0.5) is 18.9 Å². The Morgan fingerprint density at radius 2 is 1.73 bits per heavy atom. The lowest BCUT2D eigenvalue weighted by Gasteiger charge is -2.43. The van der Waals surface area contributed by atoms with Gasteiger partial charge in [0, 0.05) is 37.3 Å². The highest BCUT2D eigenvalue weighted by Gasteiger charge is 2.30. The Bertz CT molecular complexity index is 1360. The van der Waals surface area contributed by atoms with E-state index in [1.165, 1.54) is 0 Å². The minimum atomic E-state index is -2.81.